The zero-order chi connectivity index (χ0) is 13.4. The predicted molar refractivity (Wildman–Crippen MR) is 80.9 cm³/mol. The van der Waals surface area contributed by atoms with Gasteiger partial charge in [0.2, 0.25) is 0 Å². The minimum atomic E-state index is 0.396. The molecular formula is C17H29N. The molecule has 0 bridgehead atoms. The van der Waals surface area contributed by atoms with E-state index in [1.165, 1.54) is 31.2 Å². The van der Waals surface area contributed by atoms with Crippen LogP contribution in [-0.2, 0) is 6.42 Å². The summed E-state index contributed by atoms with van der Waals surface area (Å²) in [6.45, 7) is 10.3. The summed E-state index contributed by atoms with van der Waals surface area (Å²) in [5.41, 5.74) is 1.86. The molecule has 1 atom stereocenters. The number of rotatable bonds is 8. The molecule has 0 spiro atoms. The summed E-state index contributed by atoms with van der Waals surface area (Å²) in [7, 11) is 0. The van der Waals surface area contributed by atoms with Gasteiger partial charge in [-0.15, -0.1) is 0 Å². The molecule has 1 aromatic carbocycles. The molecule has 0 saturated heterocycles. The van der Waals surface area contributed by atoms with Crippen molar-refractivity contribution in [3.8, 4) is 0 Å². The van der Waals surface area contributed by atoms with Crippen molar-refractivity contribution in [2.45, 2.75) is 59.4 Å². The highest BCUT2D eigenvalue weighted by Crippen LogP contribution is 2.28. The van der Waals surface area contributed by atoms with Crippen LogP contribution in [0.1, 0.15) is 52.5 Å². The first kappa shape index (κ1) is 15.2. The first-order valence-corrected chi connectivity index (χ1v) is 7.37. The van der Waals surface area contributed by atoms with Crippen LogP contribution in [0, 0.1) is 5.41 Å². The highest BCUT2D eigenvalue weighted by Gasteiger charge is 2.26. The van der Waals surface area contributed by atoms with Gasteiger partial charge >= 0.3 is 0 Å². The van der Waals surface area contributed by atoms with E-state index in [0.717, 1.165) is 6.54 Å². The molecule has 1 unspecified atom stereocenters. The number of aryl methyl sites for hydroxylation is 1. The zero-order valence-electron chi connectivity index (χ0n) is 12.5. The Morgan fingerprint density at radius 1 is 1.11 bits per heavy atom. The van der Waals surface area contributed by atoms with Crippen molar-refractivity contribution in [1.82, 2.24) is 5.32 Å². The molecule has 0 amide bonds. The average molecular weight is 247 g/mol. The Kier molecular flexibility index (Phi) is 6.42. The van der Waals surface area contributed by atoms with E-state index in [1.807, 2.05) is 0 Å². The smallest absolute Gasteiger partial charge is 0.0118 e. The highest BCUT2D eigenvalue weighted by molar-refractivity contribution is 5.14. The third kappa shape index (κ3) is 4.81. The summed E-state index contributed by atoms with van der Waals surface area (Å²) >= 11 is 0. The minimum absolute atomic E-state index is 0.396. The van der Waals surface area contributed by atoms with Gasteiger partial charge in [-0.3, -0.25) is 0 Å². The minimum Gasteiger partial charge on any atom is -0.314 e. The standard InChI is InChI=1S/C17H29N/c1-5-17(3,4)16(18-6-2)14-10-13-15-11-8-7-9-12-15/h7-9,11-12,16,18H,5-6,10,13-14H2,1-4H3. The molecule has 18 heavy (non-hydrogen) atoms. The van der Waals surface area contributed by atoms with Gasteiger partial charge in [-0.05, 0) is 43.2 Å². The Morgan fingerprint density at radius 3 is 2.33 bits per heavy atom. The lowest BCUT2D eigenvalue weighted by molar-refractivity contribution is 0.220. The largest absolute Gasteiger partial charge is 0.314 e. The van der Waals surface area contributed by atoms with E-state index in [1.54, 1.807) is 0 Å². The molecule has 102 valence electrons. The first-order valence-electron chi connectivity index (χ1n) is 7.37. The molecule has 1 heteroatoms. The van der Waals surface area contributed by atoms with E-state index in [2.05, 4.69) is 63.3 Å². The fourth-order valence-electron chi connectivity index (χ4n) is 2.42. The summed E-state index contributed by atoms with van der Waals surface area (Å²) in [4.78, 5) is 0. The van der Waals surface area contributed by atoms with Crippen LogP contribution in [0.2, 0.25) is 0 Å². The van der Waals surface area contributed by atoms with Crippen molar-refractivity contribution < 1.29 is 0 Å². The van der Waals surface area contributed by atoms with Crippen LogP contribution in [-0.4, -0.2) is 12.6 Å². The molecule has 0 heterocycles. The van der Waals surface area contributed by atoms with Crippen molar-refractivity contribution in [2.24, 2.45) is 5.41 Å². The van der Waals surface area contributed by atoms with E-state index in [9.17, 15) is 0 Å². The number of nitrogens with one attached hydrogen (secondary N) is 1. The maximum Gasteiger partial charge on any atom is 0.0118 e. The van der Waals surface area contributed by atoms with Gasteiger partial charge in [0, 0.05) is 6.04 Å². The Labute approximate surface area is 113 Å². The molecule has 0 aliphatic carbocycles. The van der Waals surface area contributed by atoms with E-state index < -0.39 is 0 Å². The van der Waals surface area contributed by atoms with Crippen molar-refractivity contribution >= 4 is 0 Å². The Bertz CT molecular complexity index is 316. The molecule has 0 saturated carbocycles. The first-order chi connectivity index (χ1) is 8.60. The fourth-order valence-corrected chi connectivity index (χ4v) is 2.42. The molecule has 0 fully saturated rings. The summed E-state index contributed by atoms with van der Waals surface area (Å²) in [6.07, 6.45) is 4.97. The zero-order valence-corrected chi connectivity index (χ0v) is 12.5. The van der Waals surface area contributed by atoms with Gasteiger partial charge in [0.1, 0.15) is 0 Å². The third-order valence-corrected chi connectivity index (χ3v) is 4.11. The molecule has 0 aromatic heterocycles. The lowest BCUT2D eigenvalue weighted by Crippen LogP contribution is -2.41. The summed E-state index contributed by atoms with van der Waals surface area (Å²) < 4.78 is 0. The van der Waals surface area contributed by atoms with Crippen LogP contribution < -0.4 is 5.32 Å². The van der Waals surface area contributed by atoms with Crippen molar-refractivity contribution in [3.63, 3.8) is 0 Å². The van der Waals surface area contributed by atoms with Gasteiger partial charge < -0.3 is 5.32 Å². The maximum atomic E-state index is 3.66. The van der Waals surface area contributed by atoms with E-state index in [0.29, 0.717) is 11.5 Å². The molecular weight excluding hydrogens is 218 g/mol. The topological polar surface area (TPSA) is 12.0 Å². The van der Waals surface area contributed by atoms with Gasteiger partial charge in [0.05, 0.1) is 0 Å². The van der Waals surface area contributed by atoms with E-state index in [-0.39, 0.29) is 0 Å². The molecule has 0 radical (unpaired) electrons. The number of benzene rings is 1. The Balaban J connectivity index is 2.43. The number of hydrogen-bond donors (Lipinski definition) is 1. The third-order valence-electron chi connectivity index (χ3n) is 4.11. The number of hydrogen-bond acceptors (Lipinski definition) is 1. The monoisotopic (exact) mass is 247 g/mol. The van der Waals surface area contributed by atoms with E-state index >= 15 is 0 Å². The fraction of sp³-hybridized carbons (Fsp3) is 0.647. The molecule has 0 aliphatic rings. The average Bonchev–Trinajstić information content (AvgIpc) is 2.39. The van der Waals surface area contributed by atoms with Crippen LogP contribution in [0.25, 0.3) is 0 Å². The Morgan fingerprint density at radius 2 is 1.78 bits per heavy atom. The molecule has 1 nitrogen and oxygen atoms in total. The SMILES string of the molecule is CCNC(CCCc1ccccc1)C(C)(C)CC. The highest BCUT2D eigenvalue weighted by atomic mass is 14.9. The van der Waals surface area contributed by atoms with Gasteiger partial charge in [-0.2, -0.15) is 0 Å². The normalized spacial score (nSPS) is 13.6. The van der Waals surface area contributed by atoms with Crippen LogP contribution in [0.15, 0.2) is 30.3 Å². The molecule has 1 aromatic rings. The Hall–Kier alpha value is -0.820. The summed E-state index contributed by atoms with van der Waals surface area (Å²) in [6, 6.07) is 11.4. The van der Waals surface area contributed by atoms with Gasteiger partial charge in [0.15, 0.2) is 0 Å². The summed E-state index contributed by atoms with van der Waals surface area (Å²) in [5.74, 6) is 0. The predicted octanol–water partition coefficient (Wildman–Crippen LogP) is 4.42. The second-order valence-electron chi connectivity index (χ2n) is 5.83. The van der Waals surface area contributed by atoms with Crippen molar-refractivity contribution in [3.05, 3.63) is 35.9 Å². The summed E-state index contributed by atoms with van der Waals surface area (Å²) in [5, 5.41) is 3.66. The molecule has 1 N–H and O–H groups in total. The van der Waals surface area contributed by atoms with Gasteiger partial charge in [-0.25, -0.2) is 0 Å². The van der Waals surface area contributed by atoms with Gasteiger partial charge in [0.25, 0.3) is 0 Å². The van der Waals surface area contributed by atoms with Crippen LogP contribution >= 0.6 is 0 Å². The van der Waals surface area contributed by atoms with Crippen LogP contribution in [0.5, 0.6) is 0 Å². The molecule has 0 aliphatic heterocycles. The van der Waals surface area contributed by atoms with E-state index in [4.69, 9.17) is 0 Å². The second-order valence-corrected chi connectivity index (χ2v) is 5.83. The van der Waals surface area contributed by atoms with Crippen LogP contribution in [0.3, 0.4) is 0 Å². The lowest BCUT2D eigenvalue weighted by atomic mass is 9.79. The lowest BCUT2D eigenvalue weighted by Gasteiger charge is -2.34. The second kappa shape index (κ2) is 7.58. The quantitative estimate of drug-likeness (QED) is 0.717. The van der Waals surface area contributed by atoms with Crippen LogP contribution in [0.4, 0.5) is 0 Å². The maximum absolute atomic E-state index is 3.66. The van der Waals surface area contributed by atoms with Gasteiger partial charge in [-0.1, -0.05) is 58.0 Å². The van der Waals surface area contributed by atoms with Crippen molar-refractivity contribution in [2.75, 3.05) is 6.54 Å². The molecule has 1 rings (SSSR count). The van der Waals surface area contributed by atoms with Crippen molar-refractivity contribution in [1.29, 1.82) is 0 Å².